The SMILES string of the molecule is COc1cc(C)nc(COc2cc(F)cc(CO)c2)c1. The highest BCUT2D eigenvalue weighted by molar-refractivity contribution is 5.30. The van der Waals surface area contributed by atoms with E-state index < -0.39 is 5.82 Å². The summed E-state index contributed by atoms with van der Waals surface area (Å²) in [5.74, 6) is 0.615. The zero-order chi connectivity index (χ0) is 14.5. The van der Waals surface area contributed by atoms with Gasteiger partial charge in [0.15, 0.2) is 0 Å². The van der Waals surface area contributed by atoms with Crippen LogP contribution in [0.1, 0.15) is 17.0 Å². The number of aryl methyl sites for hydroxylation is 1. The zero-order valence-electron chi connectivity index (χ0n) is 11.4. The average Bonchev–Trinajstić information content (AvgIpc) is 2.44. The minimum atomic E-state index is -0.443. The van der Waals surface area contributed by atoms with E-state index >= 15 is 0 Å². The van der Waals surface area contributed by atoms with Crippen LogP contribution in [-0.4, -0.2) is 17.2 Å². The summed E-state index contributed by atoms with van der Waals surface area (Å²) in [5, 5.41) is 9.03. The molecular formula is C15H16FNO3. The van der Waals surface area contributed by atoms with E-state index in [0.717, 1.165) is 5.69 Å². The Morgan fingerprint density at radius 1 is 1.15 bits per heavy atom. The molecule has 1 heterocycles. The van der Waals surface area contributed by atoms with Crippen molar-refractivity contribution in [1.29, 1.82) is 0 Å². The lowest BCUT2D eigenvalue weighted by molar-refractivity contribution is 0.275. The first-order chi connectivity index (χ1) is 9.60. The predicted molar refractivity (Wildman–Crippen MR) is 72.2 cm³/mol. The number of aromatic nitrogens is 1. The molecule has 0 aliphatic carbocycles. The first-order valence-corrected chi connectivity index (χ1v) is 6.15. The quantitative estimate of drug-likeness (QED) is 0.912. The highest BCUT2D eigenvalue weighted by atomic mass is 19.1. The lowest BCUT2D eigenvalue weighted by atomic mass is 10.2. The molecule has 2 aromatic rings. The summed E-state index contributed by atoms with van der Waals surface area (Å²) in [6.07, 6.45) is 0. The molecule has 0 atom stereocenters. The van der Waals surface area contributed by atoms with Crippen molar-refractivity contribution < 1.29 is 19.0 Å². The molecule has 1 aromatic heterocycles. The minimum Gasteiger partial charge on any atom is -0.497 e. The van der Waals surface area contributed by atoms with E-state index in [1.54, 1.807) is 19.2 Å². The van der Waals surface area contributed by atoms with Crippen LogP contribution in [0.4, 0.5) is 4.39 Å². The first-order valence-electron chi connectivity index (χ1n) is 6.15. The molecule has 0 radical (unpaired) electrons. The monoisotopic (exact) mass is 277 g/mol. The molecule has 1 aromatic carbocycles. The van der Waals surface area contributed by atoms with Crippen molar-refractivity contribution in [2.24, 2.45) is 0 Å². The number of methoxy groups -OCH3 is 1. The van der Waals surface area contributed by atoms with Crippen LogP contribution in [0, 0.1) is 12.7 Å². The van der Waals surface area contributed by atoms with Gasteiger partial charge in [0, 0.05) is 23.9 Å². The van der Waals surface area contributed by atoms with Gasteiger partial charge in [0.1, 0.15) is 23.9 Å². The van der Waals surface area contributed by atoms with Crippen LogP contribution in [0.2, 0.25) is 0 Å². The van der Waals surface area contributed by atoms with Gasteiger partial charge in [-0.05, 0) is 24.6 Å². The summed E-state index contributed by atoms with van der Waals surface area (Å²) in [6, 6.07) is 7.71. The number of benzene rings is 1. The van der Waals surface area contributed by atoms with Crippen molar-refractivity contribution in [3.8, 4) is 11.5 Å². The Bertz CT molecular complexity index is 548. The Hall–Kier alpha value is -2.14. The van der Waals surface area contributed by atoms with E-state index in [1.165, 1.54) is 12.1 Å². The van der Waals surface area contributed by atoms with Crippen LogP contribution < -0.4 is 9.47 Å². The maximum Gasteiger partial charge on any atom is 0.130 e. The van der Waals surface area contributed by atoms with E-state index in [9.17, 15) is 4.39 Å². The van der Waals surface area contributed by atoms with E-state index in [0.29, 0.717) is 22.8 Å². The summed E-state index contributed by atoms with van der Waals surface area (Å²) in [5.41, 5.74) is 1.98. The Balaban J connectivity index is 2.12. The van der Waals surface area contributed by atoms with Gasteiger partial charge in [-0.2, -0.15) is 0 Å². The van der Waals surface area contributed by atoms with Crippen molar-refractivity contribution in [3.05, 3.63) is 53.1 Å². The van der Waals surface area contributed by atoms with Gasteiger partial charge >= 0.3 is 0 Å². The van der Waals surface area contributed by atoms with Gasteiger partial charge in [0.2, 0.25) is 0 Å². The Labute approximate surface area is 116 Å². The maximum atomic E-state index is 13.3. The van der Waals surface area contributed by atoms with Crippen LogP contribution in [0.25, 0.3) is 0 Å². The maximum absolute atomic E-state index is 13.3. The Kier molecular flexibility index (Phi) is 4.53. The number of rotatable bonds is 5. The molecule has 106 valence electrons. The average molecular weight is 277 g/mol. The lowest BCUT2D eigenvalue weighted by Gasteiger charge is -2.09. The molecule has 0 unspecified atom stereocenters. The molecule has 0 amide bonds. The van der Waals surface area contributed by atoms with Crippen molar-refractivity contribution >= 4 is 0 Å². The van der Waals surface area contributed by atoms with Crippen molar-refractivity contribution in [3.63, 3.8) is 0 Å². The fourth-order valence-electron chi connectivity index (χ4n) is 1.85. The summed E-state index contributed by atoms with van der Waals surface area (Å²) in [6.45, 7) is 1.83. The molecule has 0 fully saturated rings. The second kappa shape index (κ2) is 6.34. The summed E-state index contributed by atoms with van der Waals surface area (Å²) < 4.78 is 24.0. The number of hydrogen-bond donors (Lipinski definition) is 1. The number of ether oxygens (including phenoxy) is 2. The van der Waals surface area contributed by atoms with Crippen LogP contribution in [-0.2, 0) is 13.2 Å². The van der Waals surface area contributed by atoms with Crippen LogP contribution in [0.5, 0.6) is 11.5 Å². The van der Waals surface area contributed by atoms with Gasteiger partial charge in [0.05, 0.1) is 19.4 Å². The van der Waals surface area contributed by atoms with Crippen LogP contribution >= 0.6 is 0 Å². The molecule has 5 heteroatoms. The molecule has 20 heavy (non-hydrogen) atoms. The van der Waals surface area contributed by atoms with Crippen molar-refractivity contribution in [1.82, 2.24) is 4.98 Å². The van der Waals surface area contributed by atoms with Gasteiger partial charge in [-0.3, -0.25) is 4.98 Å². The third-order valence-electron chi connectivity index (χ3n) is 2.72. The fraction of sp³-hybridized carbons (Fsp3) is 0.267. The fourth-order valence-corrected chi connectivity index (χ4v) is 1.85. The molecular weight excluding hydrogens is 261 g/mol. The van der Waals surface area contributed by atoms with Crippen LogP contribution in [0.3, 0.4) is 0 Å². The van der Waals surface area contributed by atoms with Gasteiger partial charge in [-0.25, -0.2) is 4.39 Å². The van der Waals surface area contributed by atoms with Crippen molar-refractivity contribution in [2.45, 2.75) is 20.1 Å². The number of pyridine rings is 1. The van der Waals surface area contributed by atoms with Gasteiger partial charge < -0.3 is 14.6 Å². The number of halogens is 1. The number of aliphatic hydroxyl groups is 1. The normalized spacial score (nSPS) is 10.4. The third-order valence-corrected chi connectivity index (χ3v) is 2.72. The summed E-state index contributed by atoms with van der Waals surface area (Å²) in [7, 11) is 1.58. The number of hydrogen-bond acceptors (Lipinski definition) is 4. The van der Waals surface area contributed by atoms with Gasteiger partial charge in [-0.1, -0.05) is 0 Å². The Morgan fingerprint density at radius 2 is 1.95 bits per heavy atom. The van der Waals surface area contributed by atoms with Crippen molar-refractivity contribution in [2.75, 3.05) is 7.11 Å². The van der Waals surface area contributed by atoms with E-state index in [1.807, 2.05) is 13.0 Å². The van der Waals surface area contributed by atoms with E-state index in [2.05, 4.69) is 4.98 Å². The molecule has 0 aliphatic heterocycles. The van der Waals surface area contributed by atoms with Gasteiger partial charge in [0.25, 0.3) is 0 Å². The molecule has 2 rings (SSSR count). The second-order valence-corrected chi connectivity index (χ2v) is 4.38. The predicted octanol–water partition coefficient (Wildman–Crippen LogP) is 2.61. The zero-order valence-corrected chi connectivity index (χ0v) is 11.4. The largest absolute Gasteiger partial charge is 0.497 e. The van der Waals surface area contributed by atoms with E-state index in [4.69, 9.17) is 14.6 Å². The summed E-state index contributed by atoms with van der Waals surface area (Å²) in [4.78, 5) is 4.31. The number of nitrogens with zero attached hydrogens (tertiary/aromatic N) is 1. The number of aliphatic hydroxyl groups excluding tert-OH is 1. The minimum absolute atomic E-state index is 0.201. The molecule has 0 bridgehead atoms. The smallest absolute Gasteiger partial charge is 0.130 e. The Morgan fingerprint density at radius 3 is 2.65 bits per heavy atom. The molecule has 0 saturated carbocycles. The highest BCUT2D eigenvalue weighted by Gasteiger charge is 2.04. The summed E-state index contributed by atoms with van der Waals surface area (Å²) >= 11 is 0. The van der Waals surface area contributed by atoms with Crippen LogP contribution in [0.15, 0.2) is 30.3 Å². The molecule has 0 saturated heterocycles. The topological polar surface area (TPSA) is 51.6 Å². The highest BCUT2D eigenvalue weighted by Crippen LogP contribution is 2.19. The third kappa shape index (κ3) is 3.68. The standard InChI is InChI=1S/C15H16FNO3/c1-10-3-14(19-2)7-13(17-10)9-20-15-5-11(8-18)4-12(16)6-15/h3-7,18H,8-9H2,1-2H3. The molecule has 1 N–H and O–H groups in total. The molecule has 4 nitrogen and oxygen atoms in total. The lowest BCUT2D eigenvalue weighted by Crippen LogP contribution is -2.01. The second-order valence-electron chi connectivity index (χ2n) is 4.38. The molecule has 0 aliphatic rings. The van der Waals surface area contributed by atoms with Gasteiger partial charge in [-0.15, -0.1) is 0 Å². The van der Waals surface area contributed by atoms with E-state index in [-0.39, 0.29) is 13.2 Å². The molecule has 0 spiro atoms. The first kappa shape index (κ1) is 14.3.